The Morgan fingerprint density at radius 3 is 2.26 bits per heavy atom. The highest BCUT2D eigenvalue weighted by Crippen LogP contribution is 2.46. The molecule has 1 aromatic heterocycles. The molecule has 1 N–H and O–H groups in total. The van der Waals surface area contributed by atoms with Crippen molar-refractivity contribution in [3.05, 3.63) is 93.9 Å². The average Bonchev–Trinajstić information content (AvgIpc) is 3.26. The lowest BCUT2D eigenvalue weighted by molar-refractivity contribution is 0.0674. The molecule has 0 spiro atoms. The number of rotatable bonds is 7. The number of nitrogens with zero attached hydrogens (tertiary/aromatic N) is 1. The smallest absolute Gasteiger partial charge is 0.289 e. The first-order valence-corrected chi connectivity index (χ1v) is 12.3. The van der Waals surface area contributed by atoms with Crippen molar-refractivity contribution in [1.29, 1.82) is 0 Å². The quantitative estimate of drug-likeness (QED) is 0.460. The van der Waals surface area contributed by atoms with Crippen LogP contribution in [0.5, 0.6) is 0 Å². The van der Waals surface area contributed by atoms with Crippen molar-refractivity contribution in [3.8, 4) is 0 Å². The summed E-state index contributed by atoms with van der Waals surface area (Å²) in [4.78, 5) is 14.8. The summed E-state index contributed by atoms with van der Waals surface area (Å²) < 4.78 is 6.03. The Labute approximate surface area is 203 Å². The molecule has 1 aliphatic carbocycles. The third-order valence-corrected chi connectivity index (χ3v) is 7.42. The summed E-state index contributed by atoms with van der Waals surface area (Å²) in [6.45, 7) is 12.1. The van der Waals surface area contributed by atoms with Crippen LogP contribution < -0.4 is 0 Å². The molecule has 0 atom stereocenters. The highest BCUT2D eigenvalue weighted by atomic mass is 16.4. The van der Waals surface area contributed by atoms with Crippen LogP contribution in [0.3, 0.4) is 0 Å². The van der Waals surface area contributed by atoms with Crippen LogP contribution in [0, 0.1) is 6.92 Å². The zero-order chi connectivity index (χ0) is 24.5. The van der Waals surface area contributed by atoms with Gasteiger partial charge in [-0.3, -0.25) is 4.79 Å². The van der Waals surface area contributed by atoms with Crippen molar-refractivity contribution in [2.45, 2.75) is 71.3 Å². The van der Waals surface area contributed by atoms with Gasteiger partial charge in [-0.15, -0.1) is 0 Å². The van der Waals surface area contributed by atoms with Gasteiger partial charge in [-0.1, -0.05) is 70.2 Å². The van der Waals surface area contributed by atoms with E-state index in [1.54, 1.807) is 11.0 Å². The number of aryl methyl sites for hydroxylation is 1. The summed E-state index contributed by atoms with van der Waals surface area (Å²) in [5.74, 6) is 0.897. The standard InChI is InChI=1S/C30H37NO3/c1-21-17-25-26(30(4,5)14-13-29(25,2)3)19-23(21)18-24-11-12-27(34-24)28(33)31(15-16-32)20-22-9-7-6-8-10-22/h6-12,17,19,32H,13-16,18,20H2,1-5H3. The first kappa shape index (κ1) is 24.3. The largest absolute Gasteiger partial charge is 0.456 e. The molecule has 0 fully saturated rings. The Morgan fingerprint density at radius 2 is 1.62 bits per heavy atom. The van der Waals surface area contributed by atoms with Crippen molar-refractivity contribution in [3.63, 3.8) is 0 Å². The lowest BCUT2D eigenvalue weighted by Crippen LogP contribution is -2.34. The van der Waals surface area contributed by atoms with Gasteiger partial charge in [0.15, 0.2) is 5.76 Å². The van der Waals surface area contributed by atoms with Gasteiger partial charge in [0.2, 0.25) is 0 Å². The van der Waals surface area contributed by atoms with Gasteiger partial charge in [-0.05, 0) is 70.5 Å². The van der Waals surface area contributed by atoms with E-state index in [1.807, 2.05) is 36.4 Å². The molecule has 34 heavy (non-hydrogen) atoms. The van der Waals surface area contributed by atoms with Gasteiger partial charge in [0, 0.05) is 19.5 Å². The van der Waals surface area contributed by atoms with Crippen molar-refractivity contribution in [1.82, 2.24) is 4.90 Å². The Morgan fingerprint density at radius 1 is 0.971 bits per heavy atom. The van der Waals surface area contributed by atoms with Gasteiger partial charge in [-0.2, -0.15) is 0 Å². The number of carbonyl (C=O) groups excluding carboxylic acids is 1. The van der Waals surface area contributed by atoms with Crippen LogP contribution >= 0.6 is 0 Å². The highest BCUT2D eigenvalue weighted by Gasteiger charge is 2.37. The summed E-state index contributed by atoms with van der Waals surface area (Å²) in [5, 5.41) is 9.49. The van der Waals surface area contributed by atoms with E-state index in [-0.39, 0.29) is 29.9 Å². The fourth-order valence-electron chi connectivity index (χ4n) is 5.07. The van der Waals surface area contributed by atoms with Gasteiger partial charge in [0.1, 0.15) is 5.76 Å². The number of hydrogen-bond acceptors (Lipinski definition) is 3. The summed E-state index contributed by atoms with van der Waals surface area (Å²) >= 11 is 0. The molecule has 0 aliphatic heterocycles. The van der Waals surface area contributed by atoms with Crippen LogP contribution in [-0.4, -0.2) is 29.1 Å². The Balaban J connectivity index is 1.56. The summed E-state index contributed by atoms with van der Waals surface area (Å²) in [6.07, 6.45) is 3.03. The molecule has 0 radical (unpaired) electrons. The number of fused-ring (bicyclic) bond motifs is 1. The number of amides is 1. The minimum atomic E-state index is -0.200. The minimum Gasteiger partial charge on any atom is -0.456 e. The lowest BCUT2D eigenvalue weighted by atomic mass is 9.62. The molecule has 1 heterocycles. The van der Waals surface area contributed by atoms with Gasteiger partial charge in [0.05, 0.1) is 6.61 Å². The SMILES string of the molecule is Cc1cc2c(cc1Cc1ccc(C(=O)N(CCO)Cc3ccccc3)o1)C(C)(C)CCC2(C)C. The Bertz CT molecular complexity index is 1160. The van der Waals surface area contributed by atoms with Crippen LogP contribution in [0.25, 0.3) is 0 Å². The van der Waals surface area contributed by atoms with E-state index in [0.29, 0.717) is 18.7 Å². The van der Waals surface area contributed by atoms with Crippen molar-refractivity contribution in [2.24, 2.45) is 0 Å². The lowest BCUT2D eigenvalue weighted by Gasteiger charge is -2.42. The van der Waals surface area contributed by atoms with Crippen LogP contribution in [0.15, 0.2) is 59.0 Å². The van der Waals surface area contributed by atoms with Gasteiger partial charge in [-0.25, -0.2) is 0 Å². The predicted molar refractivity (Wildman–Crippen MR) is 136 cm³/mol. The van der Waals surface area contributed by atoms with Crippen molar-refractivity contribution < 1.29 is 14.3 Å². The summed E-state index contributed by atoms with van der Waals surface area (Å²) in [6, 6.07) is 18.2. The second kappa shape index (κ2) is 9.42. The molecule has 0 unspecified atom stereocenters. The predicted octanol–water partition coefficient (Wildman–Crippen LogP) is 6.16. The molecule has 4 rings (SSSR count). The fourth-order valence-corrected chi connectivity index (χ4v) is 5.07. The molecule has 1 aliphatic rings. The van der Waals surface area contributed by atoms with E-state index < -0.39 is 0 Å². The van der Waals surface area contributed by atoms with Crippen molar-refractivity contribution >= 4 is 5.91 Å². The van der Waals surface area contributed by atoms with E-state index in [4.69, 9.17) is 4.42 Å². The first-order valence-electron chi connectivity index (χ1n) is 12.3. The zero-order valence-corrected chi connectivity index (χ0v) is 21.1. The molecule has 180 valence electrons. The molecule has 3 aromatic rings. The van der Waals surface area contributed by atoms with E-state index in [2.05, 4.69) is 46.8 Å². The second-order valence-corrected chi connectivity index (χ2v) is 11.0. The Kier molecular flexibility index (Phi) is 6.73. The maximum Gasteiger partial charge on any atom is 0.289 e. The molecule has 0 saturated carbocycles. The van der Waals surface area contributed by atoms with Gasteiger partial charge in [0.25, 0.3) is 5.91 Å². The number of aliphatic hydroxyl groups excluding tert-OH is 1. The molecule has 4 nitrogen and oxygen atoms in total. The first-order chi connectivity index (χ1) is 16.1. The summed E-state index contributed by atoms with van der Waals surface area (Å²) in [7, 11) is 0. The maximum atomic E-state index is 13.1. The zero-order valence-electron chi connectivity index (χ0n) is 21.1. The third kappa shape index (κ3) is 4.97. The van der Waals surface area contributed by atoms with E-state index in [0.717, 1.165) is 11.3 Å². The average molecular weight is 460 g/mol. The number of hydrogen-bond donors (Lipinski definition) is 1. The molecule has 0 saturated heterocycles. The van der Waals surface area contributed by atoms with Crippen LogP contribution in [0.4, 0.5) is 0 Å². The topological polar surface area (TPSA) is 53.7 Å². The maximum absolute atomic E-state index is 13.1. The van der Waals surface area contributed by atoms with Crippen molar-refractivity contribution in [2.75, 3.05) is 13.2 Å². The number of aliphatic hydroxyl groups is 1. The normalized spacial score (nSPS) is 16.2. The van der Waals surface area contributed by atoms with Crippen LogP contribution in [-0.2, 0) is 23.8 Å². The van der Waals surface area contributed by atoms with Crippen LogP contribution in [0.1, 0.15) is 84.7 Å². The van der Waals surface area contributed by atoms with Crippen LogP contribution in [0.2, 0.25) is 0 Å². The molecule has 1 amide bonds. The van der Waals surface area contributed by atoms with E-state index >= 15 is 0 Å². The van der Waals surface area contributed by atoms with E-state index in [9.17, 15) is 9.90 Å². The minimum absolute atomic E-state index is 0.0907. The second-order valence-electron chi connectivity index (χ2n) is 11.0. The fraction of sp³-hybridized carbons (Fsp3) is 0.433. The molecular weight excluding hydrogens is 422 g/mol. The molecule has 2 aromatic carbocycles. The molecule has 0 bridgehead atoms. The summed E-state index contributed by atoms with van der Waals surface area (Å²) in [5.41, 5.74) is 6.76. The van der Waals surface area contributed by atoms with Gasteiger partial charge >= 0.3 is 0 Å². The Hall–Kier alpha value is -2.85. The molecular formula is C30H37NO3. The van der Waals surface area contributed by atoms with Gasteiger partial charge < -0.3 is 14.4 Å². The number of carbonyl (C=O) groups is 1. The third-order valence-electron chi connectivity index (χ3n) is 7.42. The monoisotopic (exact) mass is 459 g/mol. The van der Waals surface area contributed by atoms with E-state index in [1.165, 1.54) is 35.1 Å². The highest BCUT2D eigenvalue weighted by molar-refractivity contribution is 5.91. The number of benzene rings is 2. The molecule has 4 heteroatoms. The number of furan rings is 1.